The van der Waals surface area contributed by atoms with Crippen molar-refractivity contribution in [3.63, 3.8) is 0 Å². The number of carbonyl (C=O) groups excluding carboxylic acids is 1. The minimum absolute atomic E-state index is 0.120. The van der Waals surface area contributed by atoms with Crippen LogP contribution in [0.4, 0.5) is 0 Å². The van der Waals surface area contributed by atoms with E-state index >= 15 is 0 Å². The molecule has 5 heteroatoms. The maximum atomic E-state index is 13.1. The van der Waals surface area contributed by atoms with Crippen LogP contribution >= 0.6 is 0 Å². The molecule has 0 aliphatic carbocycles. The van der Waals surface area contributed by atoms with Crippen molar-refractivity contribution >= 4 is 16.8 Å². The SMILES string of the molecule is COc1ccc(C)cc1CCNC(=O)c1cc(-c2cccnc2)nc2ccccc12. The van der Waals surface area contributed by atoms with Crippen molar-refractivity contribution in [2.24, 2.45) is 0 Å². The quantitative estimate of drug-likeness (QED) is 0.517. The van der Waals surface area contributed by atoms with E-state index in [2.05, 4.69) is 16.4 Å². The van der Waals surface area contributed by atoms with Crippen molar-refractivity contribution < 1.29 is 9.53 Å². The molecular formula is C25H23N3O2. The fourth-order valence-electron chi connectivity index (χ4n) is 3.53. The van der Waals surface area contributed by atoms with Crippen LogP contribution in [0.25, 0.3) is 22.2 Å². The van der Waals surface area contributed by atoms with Gasteiger partial charge in [-0.2, -0.15) is 0 Å². The van der Waals surface area contributed by atoms with Crippen LogP contribution in [0, 0.1) is 6.92 Å². The zero-order valence-electron chi connectivity index (χ0n) is 17.1. The number of ether oxygens (including phenoxy) is 1. The lowest BCUT2D eigenvalue weighted by molar-refractivity contribution is 0.0955. The number of nitrogens with one attached hydrogen (secondary N) is 1. The van der Waals surface area contributed by atoms with Crippen molar-refractivity contribution in [2.75, 3.05) is 13.7 Å². The first-order valence-electron chi connectivity index (χ1n) is 9.87. The summed E-state index contributed by atoms with van der Waals surface area (Å²) in [5.41, 5.74) is 5.24. The van der Waals surface area contributed by atoms with Gasteiger partial charge in [-0.05, 0) is 49.2 Å². The molecule has 2 aromatic carbocycles. The normalized spacial score (nSPS) is 10.7. The Bertz CT molecular complexity index is 1190. The fraction of sp³-hybridized carbons (Fsp3) is 0.160. The third-order valence-corrected chi connectivity index (χ3v) is 5.03. The van der Waals surface area contributed by atoms with Gasteiger partial charge in [0.05, 0.1) is 23.9 Å². The number of pyridine rings is 2. The highest BCUT2D eigenvalue weighted by Gasteiger charge is 2.14. The molecule has 2 heterocycles. The number of amides is 1. The lowest BCUT2D eigenvalue weighted by Gasteiger charge is -2.12. The molecule has 30 heavy (non-hydrogen) atoms. The van der Waals surface area contributed by atoms with E-state index in [0.29, 0.717) is 18.5 Å². The van der Waals surface area contributed by atoms with E-state index in [1.807, 2.05) is 61.5 Å². The van der Waals surface area contributed by atoms with Crippen molar-refractivity contribution in [1.29, 1.82) is 0 Å². The number of aryl methyl sites for hydroxylation is 1. The van der Waals surface area contributed by atoms with Gasteiger partial charge in [-0.1, -0.05) is 35.9 Å². The highest BCUT2D eigenvalue weighted by molar-refractivity contribution is 6.07. The Morgan fingerprint density at radius 2 is 1.93 bits per heavy atom. The molecule has 1 amide bonds. The Balaban J connectivity index is 1.59. The smallest absolute Gasteiger partial charge is 0.252 e. The second-order valence-corrected chi connectivity index (χ2v) is 7.14. The maximum Gasteiger partial charge on any atom is 0.252 e. The van der Waals surface area contributed by atoms with Gasteiger partial charge in [-0.25, -0.2) is 4.98 Å². The highest BCUT2D eigenvalue weighted by atomic mass is 16.5. The number of hydrogen-bond donors (Lipinski definition) is 1. The number of hydrogen-bond acceptors (Lipinski definition) is 4. The molecule has 2 aromatic heterocycles. The lowest BCUT2D eigenvalue weighted by atomic mass is 10.0. The van der Waals surface area contributed by atoms with Crippen LogP contribution in [0.1, 0.15) is 21.5 Å². The number of rotatable bonds is 6. The maximum absolute atomic E-state index is 13.1. The summed E-state index contributed by atoms with van der Waals surface area (Å²) in [6.07, 6.45) is 4.16. The number of para-hydroxylation sites is 1. The molecule has 5 nitrogen and oxygen atoms in total. The average molecular weight is 397 g/mol. The van der Waals surface area contributed by atoms with Crippen LogP contribution < -0.4 is 10.1 Å². The van der Waals surface area contributed by atoms with Crippen LogP contribution in [0.3, 0.4) is 0 Å². The monoisotopic (exact) mass is 397 g/mol. The van der Waals surface area contributed by atoms with Crippen LogP contribution in [-0.2, 0) is 6.42 Å². The summed E-state index contributed by atoms with van der Waals surface area (Å²) in [5, 5.41) is 3.88. The van der Waals surface area contributed by atoms with Gasteiger partial charge in [-0.3, -0.25) is 9.78 Å². The minimum atomic E-state index is -0.120. The Morgan fingerprint density at radius 1 is 1.07 bits per heavy atom. The van der Waals surface area contributed by atoms with Crippen molar-refractivity contribution in [3.05, 3.63) is 89.7 Å². The summed E-state index contributed by atoms with van der Waals surface area (Å²) in [6, 6.07) is 19.4. The van der Waals surface area contributed by atoms with E-state index in [1.54, 1.807) is 19.5 Å². The predicted octanol–water partition coefficient (Wildman–Crippen LogP) is 4.59. The summed E-state index contributed by atoms with van der Waals surface area (Å²) in [5.74, 6) is 0.716. The second kappa shape index (κ2) is 8.74. The first-order chi connectivity index (χ1) is 14.7. The molecule has 0 atom stereocenters. The molecule has 4 aromatic rings. The summed E-state index contributed by atoms with van der Waals surface area (Å²) in [7, 11) is 1.66. The van der Waals surface area contributed by atoms with E-state index in [0.717, 1.165) is 33.5 Å². The predicted molar refractivity (Wildman–Crippen MR) is 119 cm³/mol. The first-order valence-corrected chi connectivity index (χ1v) is 9.87. The zero-order valence-corrected chi connectivity index (χ0v) is 17.1. The van der Waals surface area contributed by atoms with Gasteiger partial charge >= 0.3 is 0 Å². The van der Waals surface area contributed by atoms with Gasteiger partial charge in [0.25, 0.3) is 5.91 Å². The summed E-state index contributed by atoms with van der Waals surface area (Å²) < 4.78 is 5.44. The molecular weight excluding hydrogens is 374 g/mol. The van der Waals surface area contributed by atoms with Gasteiger partial charge in [0.2, 0.25) is 0 Å². The van der Waals surface area contributed by atoms with E-state index in [-0.39, 0.29) is 5.91 Å². The number of nitrogens with zero attached hydrogens (tertiary/aromatic N) is 2. The first kappa shape index (κ1) is 19.6. The van der Waals surface area contributed by atoms with Crippen molar-refractivity contribution in [2.45, 2.75) is 13.3 Å². The van der Waals surface area contributed by atoms with Crippen LogP contribution in [0.2, 0.25) is 0 Å². The molecule has 0 saturated carbocycles. The van der Waals surface area contributed by atoms with Gasteiger partial charge < -0.3 is 10.1 Å². The fourth-order valence-corrected chi connectivity index (χ4v) is 3.53. The van der Waals surface area contributed by atoms with E-state index < -0.39 is 0 Å². The van der Waals surface area contributed by atoms with Gasteiger partial charge in [-0.15, -0.1) is 0 Å². The summed E-state index contributed by atoms with van der Waals surface area (Å²) in [6.45, 7) is 2.56. The number of methoxy groups -OCH3 is 1. The van der Waals surface area contributed by atoms with Crippen molar-refractivity contribution in [1.82, 2.24) is 15.3 Å². The molecule has 150 valence electrons. The van der Waals surface area contributed by atoms with Crippen LogP contribution in [0.15, 0.2) is 73.1 Å². The number of aromatic nitrogens is 2. The van der Waals surface area contributed by atoms with Crippen LogP contribution in [-0.4, -0.2) is 29.5 Å². The lowest BCUT2D eigenvalue weighted by Crippen LogP contribution is -2.26. The van der Waals surface area contributed by atoms with Crippen LogP contribution in [0.5, 0.6) is 5.75 Å². The zero-order chi connectivity index (χ0) is 20.9. The minimum Gasteiger partial charge on any atom is -0.496 e. The topological polar surface area (TPSA) is 64.1 Å². The average Bonchev–Trinajstić information content (AvgIpc) is 2.79. The standard InChI is InChI=1S/C25H23N3O2/c1-17-9-10-24(30-2)18(14-17)11-13-27-25(29)21-15-23(19-6-5-12-26-16-19)28-22-8-4-3-7-20(21)22/h3-10,12,14-16H,11,13H2,1-2H3,(H,27,29). The Kier molecular flexibility index (Phi) is 5.70. The van der Waals surface area contributed by atoms with E-state index in [4.69, 9.17) is 9.72 Å². The Hall–Kier alpha value is -3.73. The third kappa shape index (κ3) is 4.15. The van der Waals surface area contributed by atoms with Gasteiger partial charge in [0.1, 0.15) is 5.75 Å². The number of carbonyl (C=O) groups is 1. The third-order valence-electron chi connectivity index (χ3n) is 5.03. The molecule has 0 bridgehead atoms. The van der Waals surface area contributed by atoms with E-state index in [9.17, 15) is 4.79 Å². The van der Waals surface area contributed by atoms with E-state index in [1.165, 1.54) is 5.56 Å². The molecule has 0 radical (unpaired) electrons. The second-order valence-electron chi connectivity index (χ2n) is 7.14. The largest absolute Gasteiger partial charge is 0.496 e. The summed E-state index contributed by atoms with van der Waals surface area (Å²) >= 11 is 0. The highest BCUT2D eigenvalue weighted by Crippen LogP contribution is 2.24. The number of benzene rings is 2. The van der Waals surface area contributed by atoms with Gasteiger partial charge in [0, 0.05) is 29.9 Å². The van der Waals surface area contributed by atoms with Gasteiger partial charge in [0.15, 0.2) is 0 Å². The molecule has 1 N–H and O–H groups in total. The molecule has 0 unspecified atom stereocenters. The summed E-state index contributed by atoms with van der Waals surface area (Å²) in [4.78, 5) is 22.0. The molecule has 4 rings (SSSR count). The molecule has 0 saturated heterocycles. The van der Waals surface area contributed by atoms with Crippen molar-refractivity contribution in [3.8, 4) is 17.0 Å². The molecule has 0 spiro atoms. The number of fused-ring (bicyclic) bond motifs is 1. The Morgan fingerprint density at radius 3 is 2.73 bits per heavy atom. The molecule has 0 aliphatic heterocycles. The molecule has 0 aliphatic rings. The molecule has 0 fully saturated rings. The Labute approximate surface area is 175 Å².